The summed E-state index contributed by atoms with van der Waals surface area (Å²) in [5, 5.41) is 24.5. The molecule has 0 aliphatic heterocycles. The Morgan fingerprint density at radius 2 is 1.60 bits per heavy atom. The zero-order valence-electron chi connectivity index (χ0n) is 13.3. The van der Waals surface area contributed by atoms with Gasteiger partial charge in [0, 0.05) is 22.9 Å². The molecule has 9 nitrogen and oxygen atoms in total. The zero-order valence-corrected chi connectivity index (χ0v) is 13.3. The maximum Gasteiger partial charge on any atom is 0.279 e. The van der Waals surface area contributed by atoms with Crippen molar-refractivity contribution in [1.82, 2.24) is 0 Å². The molecule has 2 aromatic carbocycles. The van der Waals surface area contributed by atoms with Gasteiger partial charge in [0.2, 0.25) is 0 Å². The molecule has 0 saturated carbocycles. The number of nitrogens with zero attached hydrogens (tertiary/aromatic N) is 2. The molecule has 0 heterocycles. The van der Waals surface area contributed by atoms with Crippen LogP contribution in [-0.4, -0.2) is 21.5 Å². The lowest BCUT2D eigenvalue weighted by Gasteiger charge is -2.08. The highest BCUT2D eigenvalue weighted by molar-refractivity contribution is 6.06. The first-order valence-corrected chi connectivity index (χ1v) is 7.06. The van der Waals surface area contributed by atoms with Gasteiger partial charge in [-0.3, -0.25) is 29.8 Å². The van der Waals surface area contributed by atoms with E-state index >= 15 is 0 Å². The minimum atomic E-state index is -0.801. The van der Waals surface area contributed by atoms with Gasteiger partial charge in [-0.25, -0.2) is 0 Å². The maximum absolute atomic E-state index is 12.4. The largest absolute Gasteiger partial charge is 0.322 e. The van der Waals surface area contributed by atoms with E-state index in [1.54, 1.807) is 0 Å². The van der Waals surface area contributed by atoms with E-state index < -0.39 is 27.1 Å². The molecule has 25 heavy (non-hydrogen) atoms. The summed E-state index contributed by atoms with van der Waals surface area (Å²) in [6.07, 6.45) is 0. The van der Waals surface area contributed by atoms with Gasteiger partial charge in [-0.1, -0.05) is 0 Å². The Morgan fingerprint density at radius 1 is 1.00 bits per heavy atom. The Labute approximate surface area is 141 Å². The molecular formula is C16H13N3O6. The second-order valence-electron chi connectivity index (χ2n) is 5.24. The fourth-order valence-electron chi connectivity index (χ4n) is 2.20. The van der Waals surface area contributed by atoms with Gasteiger partial charge in [-0.2, -0.15) is 0 Å². The molecule has 128 valence electrons. The lowest BCUT2D eigenvalue weighted by molar-refractivity contribution is -0.394. The average molecular weight is 343 g/mol. The molecule has 0 spiro atoms. The van der Waals surface area contributed by atoms with Crippen LogP contribution in [0.4, 0.5) is 17.1 Å². The number of nitrogens with one attached hydrogen (secondary N) is 1. The van der Waals surface area contributed by atoms with Crippen molar-refractivity contribution in [1.29, 1.82) is 0 Å². The van der Waals surface area contributed by atoms with Crippen LogP contribution in [-0.2, 0) is 0 Å². The average Bonchev–Trinajstić information content (AvgIpc) is 2.54. The molecule has 0 aromatic heterocycles. The molecule has 0 aliphatic rings. The smallest absolute Gasteiger partial charge is 0.279 e. The number of carbonyl (C=O) groups excluding carboxylic acids is 2. The first kappa shape index (κ1) is 17.7. The Hall–Kier alpha value is -3.62. The predicted molar refractivity (Wildman–Crippen MR) is 88.9 cm³/mol. The summed E-state index contributed by atoms with van der Waals surface area (Å²) in [6, 6.07) is 7.82. The standard InChI is InChI=1S/C16H13N3O6/c1-9-14(7-13(18(22)23)8-15(9)19(24)25)16(21)17-12-5-3-11(4-6-12)10(2)20/h3-8H,1-2H3,(H,17,21). The van der Waals surface area contributed by atoms with Crippen molar-refractivity contribution in [3.63, 3.8) is 0 Å². The summed E-state index contributed by atoms with van der Waals surface area (Å²) >= 11 is 0. The van der Waals surface area contributed by atoms with Gasteiger partial charge < -0.3 is 5.32 Å². The van der Waals surface area contributed by atoms with Crippen molar-refractivity contribution in [2.45, 2.75) is 13.8 Å². The number of hydrogen-bond acceptors (Lipinski definition) is 6. The molecule has 1 N–H and O–H groups in total. The highest BCUT2D eigenvalue weighted by atomic mass is 16.6. The van der Waals surface area contributed by atoms with Crippen LogP contribution in [0.5, 0.6) is 0 Å². The minimum absolute atomic E-state index is 0.0217. The van der Waals surface area contributed by atoms with E-state index in [9.17, 15) is 29.8 Å². The van der Waals surface area contributed by atoms with E-state index in [0.717, 1.165) is 12.1 Å². The monoisotopic (exact) mass is 343 g/mol. The van der Waals surface area contributed by atoms with Crippen LogP contribution in [0.2, 0.25) is 0 Å². The SMILES string of the molecule is CC(=O)c1ccc(NC(=O)c2cc([N+](=O)[O-])cc([N+](=O)[O-])c2C)cc1. The Morgan fingerprint density at radius 3 is 2.08 bits per heavy atom. The van der Waals surface area contributed by atoms with Crippen LogP contribution >= 0.6 is 0 Å². The summed E-state index contributed by atoms with van der Waals surface area (Å²) < 4.78 is 0. The van der Waals surface area contributed by atoms with E-state index in [-0.39, 0.29) is 16.9 Å². The third-order valence-electron chi connectivity index (χ3n) is 3.57. The fraction of sp³-hybridized carbons (Fsp3) is 0.125. The van der Waals surface area contributed by atoms with Crippen LogP contribution in [0.15, 0.2) is 36.4 Å². The summed E-state index contributed by atoms with van der Waals surface area (Å²) in [4.78, 5) is 44.0. The lowest BCUT2D eigenvalue weighted by atomic mass is 10.0. The molecule has 0 bridgehead atoms. The number of hydrogen-bond donors (Lipinski definition) is 1. The van der Waals surface area contributed by atoms with Crippen LogP contribution in [0.1, 0.15) is 33.2 Å². The molecule has 9 heteroatoms. The number of Topliss-reactive ketones (excluding diaryl/α,β-unsaturated/α-hetero) is 1. The molecule has 2 aromatic rings. The number of carbonyl (C=O) groups is 2. The zero-order chi connectivity index (χ0) is 18.7. The topological polar surface area (TPSA) is 132 Å². The van der Waals surface area contributed by atoms with Crippen molar-refractivity contribution in [2.24, 2.45) is 0 Å². The third kappa shape index (κ3) is 3.83. The van der Waals surface area contributed by atoms with E-state index in [1.807, 2.05) is 0 Å². The van der Waals surface area contributed by atoms with Gasteiger partial charge in [0.1, 0.15) is 0 Å². The highest BCUT2D eigenvalue weighted by Gasteiger charge is 2.24. The number of ketones is 1. The van der Waals surface area contributed by atoms with E-state index in [2.05, 4.69) is 5.32 Å². The van der Waals surface area contributed by atoms with Gasteiger partial charge in [0.05, 0.1) is 21.5 Å². The molecule has 0 fully saturated rings. The van der Waals surface area contributed by atoms with E-state index in [4.69, 9.17) is 0 Å². The molecule has 2 rings (SSSR count). The quantitative estimate of drug-likeness (QED) is 0.503. The van der Waals surface area contributed by atoms with E-state index in [0.29, 0.717) is 11.3 Å². The fourth-order valence-corrected chi connectivity index (χ4v) is 2.20. The first-order valence-electron chi connectivity index (χ1n) is 7.06. The molecule has 0 radical (unpaired) electrons. The predicted octanol–water partition coefficient (Wildman–Crippen LogP) is 3.27. The summed E-state index contributed by atoms with van der Waals surface area (Å²) in [7, 11) is 0. The van der Waals surface area contributed by atoms with Crippen molar-refractivity contribution in [3.05, 3.63) is 73.3 Å². The van der Waals surface area contributed by atoms with Crippen LogP contribution in [0.25, 0.3) is 0 Å². The van der Waals surface area contributed by atoms with Crippen molar-refractivity contribution in [2.75, 3.05) is 5.32 Å². The van der Waals surface area contributed by atoms with Gasteiger partial charge >= 0.3 is 0 Å². The highest BCUT2D eigenvalue weighted by Crippen LogP contribution is 2.28. The number of non-ortho nitro benzene ring substituents is 1. The number of rotatable bonds is 5. The number of nitro groups is 2. The first-order chi connectivity index (χ1) is 11.7. The number of nitro benzene ring substituents is 2. The molecule has 0 atom stereocenters. The molecular weight excluding hydrogens is 330 g/mol. The Kier molecular flexibility index (Phi) is 4.87. The van der Waals surface area contributed by atoms with Gasteiger partial charge in [0.25, 0.3) is 17.3 Å². The summed E-state index contributed by atoms with van der Waals surface area (Å²) in [5.74, 6) is -0.858. The minimum Gasteiger partial charge on any atom is -0.322 e. The third-order valence-corrected chi connectivity index (χ3v) is 3.57. The van der Waals surface area contributed by atoms with E-state index in [1.165, 1.54) is 38.1 Å². The number of amides is 1. The van der Waals surface area contributed by atoms with Crippen molar-refractivity contribution >= 4 is 28.8 Å². The lowest BCUT2D eigenvalue weighted by Crippen LogP contribution is -2.15. The van der Waals surface area contributed by atoms with Crippen molar-refractivity contribution < 1.29 is 19.4 Å². The molecule has 0 saturated heterocycles. The number of anilines is 1. The van der Waals surface area contributed by atoms with Crippen molar-refractivity contribution in [3.8, 4) is 0 Å². The Balaban J connectivity index is 2.39. The Bertz CT molecular complexity index is 889. The maximum atomic E-state index is 12.4. The summed E-state index contributed by atoms with van der Waals surface area (Å²) in [6.45, 7) is 2.74. The van der Waals surface area contributed by atoms with Crippen LogP contribution in [0, 0.1) is 27.2 Å². The molecule has 0 unspecified atom stereocenters. The van der Waals surface area contributed by atoms with Gasteiger partial charge in [-0.15, -0.1) is 0 Å². The molecule has 0 aliphatic carbocycles. The number of benzene rings is 2. The van der Waals surface area contributed by atoms with Gasteiger partial charge in [0.15, 0.2) is 5.78 Å². The summed E-state index contributed by atoms with van der Waals surface area (Å²) in [5.41, 5.74) is -0.394. The normalized spacial score (nSPS) is 10.2. The second kappa shape index (κ2) is 6.87. The second-order valence-corrected chi connectivity index (χ2v) is 5.24. The van der Waals surface area contributed by atoms with Crippen LogP contribution in [0.3, 0.4) is 0 Å². The van der Waals surface area contributed by atoms with Crippen LogP contribution < -0.4 is 5.32 Å². The van der Waals surface area contributed by atoms with Gasteiger partial charge in [-0.05, 0) is 38.1 Å². The molecule has 1 amide bonds.